The monoisotopic (exact) mass is 483 g/mol. The zero-order valence-electron chi connectivity index (χ0n) is 22.0. The molecular formula is C26H38BN3O3S. The number of aromatic nitrogens is 1. The molecule has 1 N–H and O–H groups in total. The highest BCUT2D eigenvalue weighted by atomic mass is 32.1. The summed E-state index contributed by atoms with van der Waals surface area (Å²) in [6, 6.07) is 6.89. The molecule has 2 fully saturated rings. The summed E-state index contributed by atoms with van der Waals surface area (Å²) in [6.45, 7) is 18.0. The predicted molar refractivity (Wildman–Crippen MR) is 140 cm³/mol. The molecule has 184 valence electrons. The molecule has 2 aromatic rings. The van der Waals surface area contributed by atoms with Crippen molar-refractivity contribution in [1.82, 2.24) is 10.3 Å². The maximum Gasteiger partial charge on any atom is 0.494 e. The van der Waals surface area contributed by atoms with Gasteiger partial charge in [0.15, 0.2) is 5.13 Å². The second kappa shape index (κ2) is 7.69. The van der Waals surface area contributed by atoms with Gasteiger partial charge >= 0.3 is 7.12 Å². The minimum Gasteiger partial charge on any atom is -0.472 e. The number of fused-ring (bicyclic) bond motifs is 3. The van der Waals surface area contributed by atoms with Gasteiger partial charge in [-0.05, 0) is 79.3 Å². The first kappa shape index (κ1) is 24.1. The van der Waals surface area contributed by atoms with Gasteiger partial charge in [-0.15, -0.1) is 0 Å². The summed E-state index contributed by atoms with van der Waals surface area (Å²) in [5.41, 5.74) is 2.85. The van der Waals surface area contributed by atoms with E-state index in [1.807, 2.05) is 0 Å². The number of anilines is 1. The maximum absolute atomic E-state index is 6.26. The lowest BCUT2D eigenvalue weighted by molar-refractivity contribution is 0.00578. The lowest BCUT2D eigenvalue weighted by Gasteiger charge is -2.48. The van der Waals surface area contributed by atoms with Crippen molar-refractivity contribution in [3.05, 3.63) is 23.8 Å². The zero-order valence-corrected chi connectivity index (χ0v) is 22.9. The first-order chi connectivity index (χ1) is 15.7. The Bertz CT molecular complexity index is 1080. The molecule has 0 spiro atoms. The summed E-state index contributed by atoms with van der Waals surface area (Å²) in [7, 11) is 1.81. The third-order valence-electron chi connectivity index (χ3n) is 7.87. The van der Waals surface area contributed by atoms with Crippen molar-refractivity contribution in [2.24, 2.45) is 0 Å². The van der Waals surface area contributed by atoms with Crippen LogP contribution in [0.25, 0.3) is 10.4 Å². The van der Waals surface area contributed by atoms with Gasteiger partial charge in [-0.1, -0.05) is 29.5 Å². The Kier molecular flexibility index (Phi) is 5.46. The molecule has 0 radical (unpaired) electrons. The first-order valence-corrected chi connectivity index (χ1v) is 13.1. The standard InChI is InChI=1S/C26H38BN3O3S/c1-23(2)13-18(14-24(3,4)29-23)30(9)22-28-21-20(34-22)19-11-10-17(12-16(19)15-31-21)27-32-25(5,6)26(7,8)33-27/h10-12,18,29H,13-15H2,1-9H3. The molecule has 1 aromatic carbocycles. The van der Waals surface area contributed by atoms with Crippen LogP contribution in [0, 0.1) is 0 Å². The van der Waals surface area contributed by atoms with E-state index in [-0.39, 0.29) is 29.4 Å². The van der Waals surface area contributed by atoms with E-state index in [9.17, 15) is 0 Å². The van der Waals surface area contributed by atoms with Crippen LogP contribution in [0.3, 0.4) is 0 Å². The Morgan fingerprint density at radius 2 is 1.62 bits per heavy atom. The second-order valence-electron chi connectivity index (χ2n) is 12.5. The Labute approximate surface area is 208 Å². The molecule has 6 nitrogen and oxygen atoms in total. The minimum atomic E-state index is -0.369. The number of rotatable bonds is 3. The predicted octanol–water partition coefficient (Wildman–Crippen LogP) is 4.75. The SMILES string of the molecule is CN(c1nc2c(s1)-c1ccc(B3OC(C)(C)C(C)(C)O3)cc1CO2)C1CC(C)(C)NC(C)(C)C1. The van der Waals surface area contributed by atoms with Gasteiger partial charge in [0, 0.05) is 29.7 Å². The van der Waals surface area contributed by atoms with Gasteiger partial charge in [0.2, 0.25) is 5.88 Å². The van der Waals surface area contributed by atoms with Crippen LogP contribution in [-0.4, -0.2) is 47.5 Å². The summed E-state index contributed by atoms with van der Waals surface area (Å²) in [6.07, 6.45) is 2.15. The lowest BCUT2D eigenvalue weighted by Crippen LogP contribution is -2.61. The Hall–Kier alpha value is -1.61. The van der Waals surface area contributed by atoms with Crippen LogP contribution in [-0.2, 0) is 15.9 Å². The fraction of sp³-hybridized carbons (Fsp3) is 0.654. The van der Waals surface area contributed by atoms with Crippen LogP contribution in [0.1, 0.15) is 73.8 Å². The zero-order chi connectivity index (χ0) is 24.7. The van der Waals surface area contributed by atoms with Gasteiger partial charge < -0.3 is 24.3 Å². The third kappa shape index (κ3) is 4.17. The molecule has 2 saturated heterocycles. The molecule has 0 aliphatic carbocycles. The highest BCUT2D eigenvalue weighted by Crippen LogP contribution is 2.45. The molecule has 4 heterocycles. The van der Waals surface area contributed by atoms with E-state index in [0.29, 0.717) is 12.6 Å². The van der Waals surface area contributed by atoms with Crippen LogP contribution in [0.5, 0.6) is 5.88 Å². The fourth-order valence-electron chi connectivity index (χ4n) is 5.64. The summed E-state index contributed by atoms with van der Waals surface area (Å²) in [5.74, 6) is 0.746. The number of thiazole rings is 1. The number of ether oxygens (including phenoxy) is 1. The summed E-state index contributed by atoms with van der Waals surface area (Å²) in [5, 5.41) is 4.80. The quantitative estimate of drug-likeness (QED) is 0.637. The van der Waals surface area contributed by atoms with Crippen LogP contribution < -0.4 is 20.4 Å². The van der Waals surface area contributed by atoms with Gasteiger partial charge in [-0.25, -0.2) is 0 Å². The van der Waals surface area contributed by atoms with Crippen LogP contribution in [0.2, 0.25) is 0 Å². The van der Waals surface area contributed by atoms with E-state index in [0.717, 1.165) is 39.8 Å². The van der Waals surface area contributed by atoms with E-state index in [2.05, 4.69) is 90.9 Å². The Morgan fingerprint density at radius 3 is 2.24 bits per heavy atom. The molecule has 0 saturated carbocycles. The number of benzene rings is 1. The Morgan fingerprint density at radius 1 is 1.00 bits per heavy atom. The lowest BCUT2D eigenvalue weighted by atomic mass is 9.77. The molecule has 0 bridgehead atoms. The second-order valence-corrected chi connectivity index (χ2v) is 13.5. The molecule has 0 unspecified atom stereocenters. The van der Waals surface area contributed by atoms with Gasteiger partial charge in [0.1, 0.15) is 11.5 Å². The summed E-state index contributed by atoms with van der Waals surface area (Å²) < 4.78 is 18.7. The molecule has 3 aliphatic rings. The van der Waals surface area contributed by atoms with E-state index in [4.69, 9.17) is 19.0 Å². The van der Waals surface area contributed by atoms with Crippen molar-refractivity contribution < 1.29 is 14.0 Å². The van der Waals surface area contributed by atoms with Crippen LogP contribution in [0.15, 0.2) is 18.2 Å². The van der Waals surface area contributed by atoms with Gasteiger partial charge in [0.05, 0.1) is 11.2 Å². The van der Waals surface area contributed by atoms with Crippen LogP contribution >= 0.6 is 11.3 Å². The number of hydrogen-bond donors (Lipinski definition) is 1. The maximum atomic E-state index is 6.26. The topological polar surface area (TPSA) is 55.9 Å². The van der Waals surface area contributed by atoms with E-state index in [1.165, 1.54) is 5.56 Å². The van der Waals surface area contributed by atoms with Crippen LogP contribution in [0.4, 0.5) is 5.13 Å². The van der Waals surface area contributed by atoms with Crippen molar-refractivity contribution in [1.29, 1.82) is 0 Å². The Balaban J connectivity index is 1.40. The third-order valence-corrected chi connectivity index (χ3v) is 9.03. The van der Waals surface area contributed by atoms with Crippen molar-refractivity contribution in [2.75, 3.05) is 11.9 Å². The van der Waals surface area contributed by atoms with E-state index < -0.39 is 0 Å². The van der Waals surface area contributed by atoms with Crippen molar-refractivity contribution in [2.45, 2.75) is 103 Å². The summed E-state index contributed by atoms with van der Waals surface area (Å²) in [4.78, 5) is 8.37. The molecule has 1 aromatic heterocycles. The highest BCUT2D eigenvalue weighted by Gasteiger charge is 2.52. The molecule has 8 heteroatoms. The molecule has 0 amide bonds. The number of nitrogens with one attached hydrogen (secondary N) is 1. The highest BCUT2D eigenvalue weighted by molar-refractivity contribution is 7.19. The molecule has 34 heavy (non-hydrogen) atoms. The van der Waals surface area contributed by atoms with Crippen molar-refractivity contribution in [3.63, 3.8) is 0 Å². The summed E-state index contributed by atoms with van der Waals surface area (Å²) >= 11 is 1.72. The van der Waals surface area contributed by atoms with E-state index >= 15 is 0 Å². The smallest absolute Gasteiger partial charge is 0.472 e. The molecule has 3 aliphatic heterocycles. The van der Waals surface area contributed by atoms with Gasteiger partial charge in [-0.2, -0.15) is 4.98 Å². The first-order valence-electron chi connectivity index (χ1n) is 12.3. The largest absolute Gasteiger partial charge is 0.494 e. The number of hydrogen-bond acceptors (Lipinski definition) is 7. The van der Waals surface area contributed by atoms with Gasteiger partial charge in [0.25, 0.3) is 0 Å². The minimum absolute atomic E-state index is 0.0879. The normalized spacial score (nSPS) is 24.3. The fourth-order valence-corrected chi connectivity index (χ4v) is 6.74. The molecular weight excluding hydrogens is 445 g/mol. The van der Waals surface area contributed by atoms with Crippen molar-refractivity contribution in [3.8, 4) is 16.3 Å². The van der Waals surface area contributed by atoms with Crippen molar-refractivity contribution >= 4 is 29.0 Å². The molecule has 5 rings (SSSR count). The number of piperidine rings is 1. The average molecular weight is 483 g/mol. The van der Waals surface area contributed by atoms with Gasteiger partial charge in [-0.3, -0.25) is 0 Å². The average Bonchev–Trinajstić information content (AvgIpc) is 3.22. The van der Waals surface area contributed by atoms with E-state index in [1.54, 1.807) is 11.3 Å². The number of nitrogens with zero attached hydrogens (tertiary/aromatic N) is 2. The molecule has 0 atom stereocenters.